The van der Waals surface area contributed by atoms with Crippen LogP contribution in [0.1, 0.15) is 33.1 Å². The van der Waals surface area contributed by atoms with Crippen molar-refractivity contribution in [2.24, 2.45) is 0 Å². The summed E-state index contributed by atoms with van der Waals surface area (Å²) in [5, 5.41) is 10.0. The summed E-state index contributed by atoms with van der Waals surface area (Å²) in [5.74, 6) is 1.10. The van der Waals surface area contributed by atoms with Crippen LogP contribution in [0.4, 0.5) is 5.69 Å². The number of benzene rings is 2. The SMILES string of the molecule is COc1ccccc1N1CCN(C(=O)c2nnn(-c3ccc(C)c(Cl)c3)c2CSc2nc(C)cc(C)n2)CC1. The van der Waals surface area contributed by atoms with Gasteiger partial charge in [0, 0.05) is 48.3 Å². The number of amides is 1. The average molecular weight is 564 g/mol. The Morgan fingerprint density at radius 3 is 2.41 bits per heavy atom. The van der Waals surface area contributed by atoms with Gasteiger partial charge in [0.05, 0.1) is 24.2 Å². The zero-order valence-corrected chi connectivity index (χ0v) is 24.0. The van der Waals surface area contributed by atoms with Crippen molar-refractivity contribution >= 4 is 35.0 Å². The van der Waals surface area contributed by atoms with Crippen molar-refractivity contribution in [2.45, 2.75) is 31.7 Å². The molecule has 11 heteroatoms. The third-order valence-corrected chi connectivity index (χ3v) is 7.92. The lowest BCUT2D eigenvalue weighted by Crippen LogP contribution is -2.49. The highest BCUT2D eigenvalue weighted by Crippen LogP contribution is 2.30. The minimum atomic E-state index is -0.143. The molecule has 4 aromatic rings. The van der Waals surface area contributed by atoms with Crippen molar-refractivity contribution in [3.63, 3.8) is 0 Å². The van der Waals surface area contributed by atoms with Crippen LogP contribution in [0.25, 0.3) is 5.69 Å². The van der Waals surface area contributed by atoms with Crippen molar-refractivity contribution in [3.8, 4) is 11.4 Å². The zero-order valence-electron chi connectivity index (χ0n) is 22.4. The van der Waals surface area contributed by atoms with Crippen LogP contribution >= 0.6 is 23.4 Å². The summed E-state index contributed by atoms with van der Waals surface area (Å²) >= 11 is 7.88. The first-order chi connectivity index (χ1) is 18.8. The summed E-state index contributed by atoms with van der Waals surface area (Å²) in [4.78, 5) is 26.9. The molecule has 9 nitrogen and oxygen atoms in total. The maximum Gasteiger partial charge on any atom is 0.276 e. The standard InChI is InChI=1S/C28H30ClN7O2S/c1-18-9-10-21(16-22(18)29)36-24(17-39-28-30-19(2)15-20(3)31-28)26(32-33-36)27(37)35-13-11-34(12-14-35)23-7-5-6-8-25(23)38-4/h5-10,15-16H,11-14,17H2,1-4H3. The summed E-state index contributed by atoms with van der Waals surface area (Å²) in [7, 11) is 1.67. The number of rotatable bonds is 7. The van der Waals surface area contributed by atoms with Crippen molar-refractivity contribution in [1.29, 1.82) is 0 Å². The third-order valence-electron chi connectivity index (χ3n) is 6.66. The van der Waals surface area contributed by atoms with Gasteiger partial charge in [-0.2, -0.15) is 0 Å². The minimum Gasteiger partial charge on any atom is -0.495 e. The van der Waals surface area contributed by atoms with Crippen molar-refractivity contribution in [3.05, 3.63) is 81.9 Å². The van der Waals surface area contributed by atoms with Crippen molar-refractivity contribution in [1.82, 2.24) is 29.9 Å². The first-order valence-electron chi connectivity index (χ1n) is 12.7. The molecule has 0 saturated carbocycles. The Morgan fingerprint density at radius 1 is 1.00 bits per heavy atom. The number of halogens is 1. The average Bonchev–Trinajstić information content (AvgIpc) is 3.36. The number of aryl methyl sites for hydroxylation is 3. The molecule has 1 fully saturated rings. The van der Waals surface area contributed by atoms with Gasteiger partial charge in [-0.1, -0.05) is 46.8 Å². The van der Waals surface area contributed by atoms with Crippen LogP contribution in [0.5, 0.6) is 5.75 Å². The summed E-state index contributed by atoms with van der Waals surface area (Å²) < 4.78 is 7.23. The molecule has 0 radical (unpaired) electrons. The molecule has 1 saturated heterocycles. The van der Waals surface area contributed by atoms with E-state index in [-0.39, 0.29) is 5.91 Å². The molecule has 5 rings (SSSR count). The largest absolute Gasteiger partial charge is 0.495 e. The second kappa shape index (κ2) is 11.6. The third kappa shape index (κ3) is 5.86. The fourth-order valence-electron chi connectivity index (χ4n) is 4.60. The van der Waals surface area contributed by atoms with Gasteiger partial charge in [-0.3, -0.25) is 4.79 Å². The number of aromatic nitrogens is 5. The van der Waals surface area contributed by atoms with E-state index < -0.39 is 0 Å². The Kier molecular flexibility index (Phi) is 8.04. The first-order valence-corrected chi connectivity index (χ1v) is 14.0. The lowest BCUT2D eigenvalue weighted by molar-refractivity contribution is 0.0740. The van der Waals surface area contributed by atoms with E-state index in [0.717, 1.165) is 34.1 Å². The number of piperazine rings is 1. The van der Waals surface area contributed by atoms with Crippen LogP contribution in [0, 0.1) is 20.8 Å². The molecule has 39 heavy (non-hydrogen) atoms. The van der Waals surface area contributed by atoms with Gasteiger partial charge < -0.3 is 14.5 Å². The number of carbonyl (C=O) groups is 1. The molecular formula is C28H30ClN7O2S. The second-order valence-corrected chi connectivity index (χ2v) is 10.8. The smallest absolute Gasteiger partial charge is 0.276 e. The molecule has 1 aliphatic heterocycles. The van der Waals surface area contributed by atoms with Gasteiger partial charge >= 0.3 is 0 Å². The van der Waals surface area contributed by atoms with Gasteiger partial charge in [0.15, 0.2) is 10.9 Å². The number of methoxy groups -OCH3 is 1. The predicted molar refractivity (Wildman–Crippen MR) is 153 cm³/mol. The molecule has 0 atom stereocenters. The minimum absolute atomic E-state index is 0.143. The Balaban J connectivity index is 1.40. The van der Waals surface area contributed by atoms with Gasteiger partial charge in [0.1, 0.15) is 5.75 Å². The van der Waals surface area contributed by atoms with Crippen LogP contribution in [0.3, 0.4) is 0 Å². The van der Waals surface area contributed by atoms with Gasteiger partial charge in [-0.25, -0.2) is 14.6 Å². The molecule has 0 unspecified atom stereocenters. The molecular weight excluding hydrogens is 534 g/mol. The molecule has 1 aliphatic rings. The molecule has 1 amide bonds. The Morgan fingerprint density at radius 2 is 1.72 bits per heavy atom. The topological polar surface area (TPSA) is 89.3 Å². The van der Waals surface area contributed by atoms with Crippen LogP contribution in [-0.2, 0) is 5.75 Å². The summed E-state index contributed by atoms with van der Waals surface area (Å²) in [6, 6.07) is 15.6. The van der Waals surface area contributed by atoms with Gasteiger partial charge in [-0.05, 0) is 56.7 Å². The van der Waals surface area contributed by atoms with E-state index in [9.17, 15) is 4.79 Å². The molecule has 2 aromatic carbocycles. The highest BCUT2D eigenvalue weighted by Gasteiger charge is 2.29. The summed E-state index contributed by atoms with van der Waals surface area (Å²) in [5.41, 5.74) is 5.53. The van der Waals surface area contributed by atoms with Gasteiger partial charge in [0.2, 0.25) is 0 Å². The maximum atomic E-state index is 13.8. The normalized spacial score (nSPS) is 13.6. The molecule has 202 valence electrons. The number of hydrogen-bond acceptors (Lipinski definition) is 8. The van der Waals surface area contributed by atoms with E-state index in [1.54, 1.807) is 11.8 Å². The number of anilines is 1. The van der Waals surface area contributed by atoms with E-state index >= 15 is 0 Å². The number of para-hydroxylation sites is 2. The predicted octanol–water partition coefficient (Wildman–Crippen LogP) is 4.90. The van der Waals surface area contributed by atoms with Crippen LogP contribution in [0.2, 0.25) is 5.02 Å². The second-order valence-electron chi connectivity index (χ2n) is 9.40. The van der Waals surface area contributed by atoms with Crippen LogP contribution < -0.4 is 9.64 Å². The maximum absolute atomic E-state index is 13.8. The highest BCUT2D eigenvalue weighted by atomic mass is 35.5. The van der Waals surface area contributed by atoms with E-state index in [1.165, 1.54) is 11.8 Å². The number of ether oxygens (including phenoxy) is 1. The quantitative estimate of drug-likeness (QED) is 0.232. The highest BCUT2D eigenvalue weighted by molar-refractivity contribution is 7.98. The molecule has 0 bridgehead atoms. The van der Waals surface area contributed by atoms with E-state index in [0.29, 0.717) is 53.5 Å². The van der Waals surface area contributed by atoms with Crippen LogP contribution in [0.15, 0.2) is 53.7 Å². The zero-order chi connectivity index (χ0) is 27.5. The fraction of sp³-hybridized carbons (Fsp3) is 0.321. The molecule has 0 spiro atoms. The van der Waals surface area contributed by atoms with Crippen LogP contribution in [-0.4, -0.2) is 69.1 Å². The Bertz CT molecular complexity index is 1480. The van der Waals surface area contributed by atoms with Crippen molar-refractivity contribution in [2.75, 3.05) is 38.2 Å². The fourth-order valence-corrected chi connectivity index (χ4v) is 5.72. The van der Waals surface area contributed by atoms with E-state index in [2.05, 4.69) is 25.2 Å². The van der Waals surface area contributed by atoms with E-state index in [1.807, 2.05) is 74.2 Å². The molecule has 0 N–H and O–H groups in total. The van der Waals surface area contributed by atoms with Gasteiger partial charge in [-0.15, -0.1) is 5.10 Å². The summed E-state index contributed by atoms with van der Waals surface area (Å²) in [6.07, 6.45) is 0. The monoisotopic (exact) mass is 563 g/mol. The Labute approximate surface area is 237 Å². The molecule has 3 heterocycles. The van der Waals surface area contributed by atoms with E-state index in [4.69, 9.17) is 16.3 Å². The Hall–Kier alpha value is -3.63. The molecule has 0 aliphatic carbocycles. The van der Waals surface area contributed by atoms with Gasteiger partial charge in [0.25, 0.3) is 5.91 Å². The first kappa shape index (κ1) is 27.0. The number of hydrogen-bond donors (Lipinski definition) is 0. The van der Waals surface area contributed by atoms with Crippen molar-refractivity contribution < 1.29 is 9.53 Å². The summed E-state index contributed by atoms with van der Waals surface area (Å²) in [6.45, 7) is 8.33. The lowest BCUT2D eigenvalue weighted by atomic mass is 10.2. The molecule has 2 aromatic heterocycles. The number of nitrogens with zero attached hydrogens (tertiary/aromatic N) is 7. The number of thioether (sulfide) groups is 1. The lowest BCUT2D eigenvalue weighted by Gasteiger charge is -2.36. The number of carbonyl (C=O) groups excluding carboxylic acids is 1.